The van der Waals surface area contributed by atoms with Crippen molar-refractivity contribution >= 4 is 17.5 Å². The summed E-state index contributed by atoms with van der Waals surface area (Å²) < 4.78 is 1.74. The van der Waals surface area contributed by atoms with Gasteiger partial charge in [-0.15, -0.1) is 0 Å². The molecule has 0 aliphatic heterocycles. The van der Waals surface area contributed by atoms with Crippen LogP contribution in [0.25, 0.3) is 5.69 Å². The van der Waals surface area contributed by atoms with Gasteiger partial charge in [-0.2, -0.15) is 5.10 Å². The fourth-order valence-electron chi connectivity index (χ4n) is 4.24. The molecule has 8 nitrogen and oxygen atoms in total. The average Bonchev–Trinajstić information content (AvgIpc) is 3.54. The second-order valence-corrected chi connectivity index (χ2v) is 9.91. The number of hydrogen-bond donors (Lipinski definition) is 4. The van der Waals surface area contributed by atoms with E-state index in [1.54, 1.807) is 27.9 Å². The summed E-state index contributed by atoms with van der Waals surface area (Å²) >= 11 is 6.14. The van der Waals surface area contributed by atoms with Crippen molar-refractivity contribution in [2.75, 3.05) is 6.54 Å². The van der Waals surface area contributed by atoms with Crippen molar-refractivity contribution in [3.8, 4) is 5.69 Å². The van der Waals surface area contributed by atoms with Crippen molar-refractivity contribution in [2.24, 2.45) is 5.92 Å². The number of carbonyl (C=O) groups excluding carboxylic acids is 1. The van der Waals surface area contributed by atoms with Gasteiger partial charge in [0.25, 0.3) is 5.91 Å². The fraction of sp³-hybridized carbons (Fsp3) is 0.407. The van der Waals surface area contributed by atoms with Gasteiger partial charge in [0.1, 0.15) is 12.3 Å². The molecule has 0 bridgehead atoms. The molecule has 1 fully saturated rings. The smallest absolute Gasteiger partial charge is 0.254 e. The monoisotopic (exact) mass is 512 g/mol. The van der Waals surface area contributed by atoms with Crippen molar-refractivity contribution in [1.29, 1.82) is 0 Å². The Bertz CT molecular complexity index is 1140. The van der Waals surface area contributed by atoms with Crippen molar-refractivity contribution in [3.05, 3.63) is 83.1 Å². The maximum Gasteiger partial charge on any atom is 0.254 e. The maximum absolute atomic E-state index is 13.3. The molecule has 1 amide bonds. The zero-order valence-corrected chi connectivity index (χ0v) is 21.2. The summed E-state index contributed by atoms with van der Waals surface area (Å²) in [6.45, 7) is 4.17. The molecule has 0 spiro atoms. The van der Waals surface area contributed by atoms with Crippen LogP contribution in [0.3, 0.4) is 0 Å². The highest BCUT2D eigenvalue weighted by Gasteiger charge is 2.38. The minimum absolute atomic E-state index is 0.350. The lowest BCUT2D eigenvalue weighted by Gasteiger charge is -2.34. The Balaban J connectivity index is 1.40. The first-order chi connectivity index (χ1) is 17.2. The van der Waals surface area contributed by atoms with Gasteiger partial charge in [-0.25, -0.2) is 4.68 Å². The van der Waals surface area contributed by atoms with E-state index in [-0.39, 0.29) is 12.1 Å². The Morgan fingerprint density at radius 1 is 1.11 bits per heavy atom. The molecular weight excluding hydrogens is 480 g/mol. The van der Waals surface area contributed by atoms with Crippen LogP contribution in [-0.2, 0) is 4.79 Å². The number of nitrogens with zero attached hydrogens (tertiary/aromatic N) is 3. The summed E-state index contributed by atoms with van der Waals surface area (Å²) in [5.41, 5.74) is 2.59. The number of benzene rings is 2. The average molecular weight is 513 g/mol. The summed E-state index contributed by atoms with van der Waals surface area (Å²) in [5.74, 6) is -0.258. The maximum atomic E-state index is 13.3. The summed E-state index contributed by atoms with van der Waals surface area (Å²) in [7, 11) is 0. The number of rotatable bonds is 11. The number of halogens is 1. The second kappa shape index (κ2) is 11.5. The number of aromatic nitrogens is 2. The molecule has 0 saturated heterocycles. The van der Waals surface area contributed by atoms with Crippen molar-refractivity contribution in [1.82, 2.24) is 20.0 Å². The summed E-state index contributed by atoms with van der Waals surface area (Å²) in [4.78, 5) is 14.9. The highest BCUT2D eigenvalue weighted by atomic mass is 35.5. The molecule has 3 aromatic rings. The van der Waals surface area contributed by atoms with E-state index in [1.807, 2.05) is 62.5 Å². The predicted octanol–water partition coefficient (Wildman–Crippen LogP) is 3.22. The third kappa shape index (κ3) is 6.32. The summed E-state index contributed by atoms with van der Waals surface area (Å²) in [6, 6.07) is 16.0. The van der Waals surface area contributed by atoms with Gasteiger partial charge in [-0.1, -0.05) is 35.9 Å². The standard InChI is InChI=1S/C27H33ClN4O4/c1-17(20-9-11-23(12-10-20)32-14-4-13-29-32)30-26(35)24(33)25(34)27(36)31(16-19-7-8-19)18(2)21-5-3-6-22(28)15-21/h3-6,9-15,17-19,24-26,30,33-35H,7-8,16H2,1-2H3/t17-,18?,24-,25-,26?/m1/s1. The zero-order valence-electron chi connectivity index (χ0n) is 20.4. The second-order valence-electron chi connectivity index (χ2n) is 9.48. The zero-order chi connectivity index (χ0) is 25.8. The Morgan fingerprint density at radius 3 is 2.44 bits per heavy atom. The summed E-state index contributed by atoms with van der Waals surface area (Å²) in [5, 5.41) is 39.7. The van der Waals surface area contributed by atoms with Crippen LogP contribution in [0, 0.1) is 5.92 Å². The number of amides is 1. The van der Waals surface area contributed by atoms with Crippen LogP contribution in [-0.4, -0.2) is 60.9 Å². The molecule has 1 saturated carbocycles. The Labute approximate surface area is 216 Å². The van der Waals surface area contributed by atoms with Crippen molar-refractivity contribution in [2.45, 2.75) is 57.2 Å². The van der Waals surface area contributed by atoms with E-state index in [1.165, 1.54) is 0 Å². The van der Waals surface area contributed by atoms with E-state index in [2.05, 4.69) is 10.4 Å². The first-order valence-electron chi connectivity index (χ1n) is 12.2. The van der Waals surface area contributed by atoms with Crippen LogP contribution in [0.4, 0.5) is 0 Å². The first-order valence-corrected chi connectivity index (χ1v) is 12.6. The van der Waals surface area contributed by atoms with Crippen molar-refractivity contribution < 1.29 is 20.1 Å². The van der Waals surface area contributed by atoms with Crippen LogP contribution in [0.15, 0.2) is 67.0 Å². The number of nitrogens with one attached hydrogen (secondary N) is 1. The van der Waals surface area contributed by atoms with Crippen LogP contribution in [0.1, 0.15) is 49.9 Å². The fourth-order valence-corrected chi connectivity index (χ4v) is 4.44. The number of carbonyl (C=O) groups is 1. The molecule has 9 heteroatoms. The van der Waals surface area contributed by atoms with Crippen LogP contribution >= 0.6 is 11.6 Å². The normalized spacial score (nSPS) is 17.7. The van der Waals surface area contributed by atoms with Crippen LogP contribution in [0.2, 0.25) is 5.02 Å². The molecule has 2 aromatic carbocycles. The van der Waals surface area contributed by atoms with Gasteiger partial charge in [-0.05, 0) is 74.1 Å². The first kappa shape index (κ1) is 26.3. The van der Waals surface area contributed by atoms with Gasteiger partial charge < -0.3 is 20.2 Å². The SMILES string of the molecule is CC(c1cccc(Cl)c1)N(CC1CC1)C(=O)[C@H](O)[C@@H](O)C(O)N[C@H](C)c1ccc(-n2cccn2)cc1. The van der Waals surface area contributed by atoms with Gasteiger partial charge in [-0.3, -0.25) is 10.1 Å². The van der Waals surface area contributed by atoms with Gasteiger partial charge >= 0.3 is 0 Å². The van der Waals surface area contributed by atoms with E-state index in [0.29, 0.717) is 17.5 Å². The van der Waals surface area contributed by atoms with Gasteiger partial charge in [0.05, 0.1) is 11.7 Å². The Hall–Kier alpha value is -2.75. The third-order valence-corrected chi connectivity index (χ3v) is 6.95. The van der Waals surface area contributed by atoms with Gasteiger partial charge in [0, 0.05) is 30.0 Å². The topological polar surface area (TPSA) is 111 Å². The number of aliphatic hydroxyl groups excluding tert-OH is 3. The van der Waals surface area contributed by atoms with E-state index in [0.717, 1.165) is 29.7 Å². The van der Waals surface area contributed by atoms with Gasteiger partial charge in [0.2, 0.25) is 0 Å². The van der Waals surface area contributed by atoms with Crippen LogP contribution in [0.5, 0.6) is 0 Å². The molecule has 1 aromatic heterocycles. The molecule has 36 heavy (non-hydrogen) atoms. The highest BCUT2D eigenvalue weighted by Crippen LogP contribution is 2.34. The highest BCUT2D eigenvalue weighted by molar-refractivity contribution is 6.30. The number of aliphatic hydroxyl groups is 3. The summed E-state index contributed by atoms with van der Waals surface area (Å²) in [6.07, 6.45) is 0.559. The lowest BCUT2D eigenvalue weighted by Crippen LogP contribution is -2.54. The molecule has 4 rings (SSSR count). The molecule has 1 heterocycles. The quantitative estimate of drug-likeness (QED) is 0.294. The van der Waals surface area contributed by atoms with E-state index in [4.69, 9.17) is 11.6 Å². The molecule has 4 N–H and O–H groups in total. The Morgan fingerprint density at radius 2 is 1.83 bits per heavy atom. The third-order valence-electron chi connectivity index (χ3n) is 6.72. The molecule has 2 unspecified atom stereocenters. The van der Waals surface area contributed by atoms with Crippen LogP contribution < -0.4 is 5.32 Å². The minimum atomic E-state index is -1.79. The Kier molecular flexibility index (Phi) is 8.43. The minimum Gasteiger partial charge on any atom is -0.386 e. The van der Waals surface area contributed by atoms with E-state index < -0.39 is 24.3 Å². The lowest BCUT2D eigenvalue weighted by molar-refractivity contribution is -0.155. The number of hydrogen-bond acceptors (Lipinski definition) is 6. The van der Waals surface area contributed by atoms with Gasteiger partial charge in [0.15, 0.2) is 6.10 Å². The molecule has 1 aliphatic carbocycles. The van der Waals surface area contributed by atoms with Crippen molar-refractivity contribution in [3.63, 3.8) is 0 Å². The largest absolute Gasteiger partial charge is 0.386 e. The lowest BCUT2D eigenvalue weighted by atomic mass is 10.0. The molecule has 5 atom stereocenters. The molecular formula is C27H33ClN4O4. The van der Waals surface area contributed by atoms with E-state index in [9.17, 15) is 20.1 Å². The molecule has 1 aliphatic rings. The predicted molar refractivity (Wildman–Crippen MR) is 137 cm³/mol. The molecule has 192 valence electrons. The molecule has 0 radical (unpaired) electrons. The van der Waals surface area contributed by atoms with E-state index >= 15 is 0 Å².